The number of aryl methyl sites for hydroxylation is 1. The van der Waals surface area contributed by atoms with Crippen LogP contribution in [0.5, 0.6) is 0 Å². The Labute approximate surface area is 121 Å². The first-order chi connectivity index (χ1) is 9.46. The van der Waals surface area contributed by atoms with Crippen LogP contribution in [0.4, 0.5) is 0 Å². The van der Waals surface area contributed by atoms with E-state index in [1.165, 1.54) is 11.1 Å². The third-order valence-corrected chi connectivity index (χ3v) is 3.14. The number of hydrogen-bond donors (Lipinski definition) is 1. The van der Waals surface area contributed by atoms with E-state index in [2.05, 4.69) is 67.4 Å². The monoisotopic (exact) mass is 272 g/mol. The Kier molecular flexibility index (Phi) is 4.55. The number of hydrogen-bond acceptors (Lipinski definition) is 3. The second-order valence-electron chi connectivity index (χ2n) is 6.13. The number of nitrogens with zero attached hydrogens (tertiary/aromatic N) is 3. The van der Waals surface area contributed by atoms with Crippen molar-refractivity contribution in [3.63, 3.8) is 0 Å². The summed E-state index contributed by atoms with van der Waals surface area (Å²) in [5.41, 5.74) is 2.70. The molecule has 0 fully saturated rings. The van der Waals surface area contributed by atoms with Gasteiger partial charge in [0.25, 0.3) is 0 Å². The summed E-state index contributed by atoms with van der Waals surface area (Å²) in [5, 5.41) is 7.89. The summed E-state index contributed by atoms with van der Waals surface area (Å²) < 4.78 is 1.89. The predicted molar refractivity (Wildman–Crippen MR) is 81.5 cm³/mol. The molecule has 4 heteroatoms. The number of benzene rings is 1. The lowest BCUT2D eigenvalue weighted by atomic mass is 10.1. The molecule has 1 aromatic carbocycles. The molecule has 1 heterocycles. The van der Waals surface area contributed by atoms with Crippen LogP contribution in [0.15, 0.2) is 30.6 Å². The highest BCUT2D eigenvalue weighted by Crippen LogP contribution is 2.07. The zero-order valence-electron chi connectivity index (χ0n) is 12.8. The van der Waals surface area contributed by atoms with Crippen LogP contribution in [-0.2, 0) is 19.5 Å². The molecule has 0 saturated heterocycles. The maximum atomic E-state index is 4.49. The molecule has 0 bridgehead atoms. The van der Waals surface area contributed by atoms with Gasteiger partial charge in [-0.15, -0.1) is 0 Å². The second kappa shape index (κ2) is 6.18. The van der Waals surface area contributed by atoms with Crippen LogP contribution in [0.2, 0.25) is 0 Å². The summed E-state index contributed by atoms with van der Waals surface area (Å²) in [5.74, 6) is 0.838. The summed E-state index contributed by atoms with van der Waals surface area (Å²) in [7, 11) is 0. The van der Waals surface area contributed by atoms with Crippen LogP contribution in [0.3, 0.4) is 0 Å². The standard InChI is InChI=1S/C16H24N4/c1-5-13-6-8-14(9-7-13)11-20-12-17-15(19-20)10-18-16(2,3)4/h6-9,12,18H,5,10-11H2,1-4H3. The zero-order chi connectivity index (χ0) is 14.6. The van der Waals surface area contributed by atoms with Gasteiger partial charge in [-0.25, -0.2) is 9.67 Å². The summed E-state index contributed by atoms with van der Waals surface area (Å²) >= 11 is 0. The van der Waals surface area contributed by atoms with E-state index in [0.29, 0.717) is 6.54 Å². The van der Waals surface area contributed by atoms with Crippen LogP contribution >= 0.6 is 0 Å². The SMILES string of the molecule is CCc1ccc(Cn2cnc(CNC(C)(C)C)n2)cc1. The fraction of sp³-hybridized carbons (Fsp3) is 0.500. The molecule has 0 aliphatic carbocycles. The Bertz CT molecular complexity index is 534. The van der Waals surface area contributed by atoms with Crippen LogP contribution < -0.4 is 5.32 Å². The van der Waals surface area contributed by atoms with E-state index in [1.54, 1.807) is 6.33 Å². The minimum Gasteiger partial charge on any atom is -0.305 e. The second-order valence-corrected chi connectivity index (χ2v) is 6.13. The molecule has 0 unspecified atom stereocenters. The normalized spacial score (nSPS) is 11.8. The first-order valence-corrected chi connectivity index (χ1v) is 7.17. The molecule has 0 aliphatic rings. The fourth-order valence-corrected chi connectivity index (χ4v) is 1.90. The van der Waals surface area contributed by atoms with Gasteiger partial charge in [0, 0.05) is 5.54 Å². The van der Waals surface area contributed by atoms with Crippen molar-refractivity contribution >= 4 is 0 Å². The van der Waals surface area contributed by atoms with E-state index in [-0.39, 0.29) is 5.54 Å². The van der Waals surface area contributed by atoms with Gasteiger partial charge in [0.1, 0.15) is 6.33 Å². The lowest BCUT2D eigenvalue weighted by molar-refractivity contribution is 0.417. The maximum absolute atomic E-state index is 4.49. The highest BCUT2D eigenvalue weighted by atomic mass is 15.3. The van der Waals surface area contributed by atoms with Gasteiger partial charge in [0.05, 0.1) is 13.1 Å². The van der Waals surface area contributed by atoms with Gasteiger partial charge in [-0.05, 0) is 38.3 Å². The van der Waals surface area contributed by atoms with Crippen molar-refractivity contribution in [1.29, 1.82) is 0 Å². The van der Waals surface area contributed by atoms with Crippen molar-refractivity contribution in [2.24, 2.45) is 0 Å². The molecule has 1 N–H and O–H groups in total. The highest BCUT2D eigenvalue weighted by molar-refractivity contribution is 5.22. The summed E-state index contributed by atoms with van der Waals surface area (Å²) in [6, 6.07) is 8.67. The summed E-state index contributed by atoms with van der Waals surface area (Å²) in [6.07, 6.45) is 2.87. The molecule has 0 radical (unpaired) electrons. The lowest BCUT2D eigenvalue weighted by Crippen LogP contribution is -2.35. The average molecular weight is 272 g/mol. The first kappa shape index (κ1) is 14.7. The highest BCUT2D eigenvalue weighted by Gasteiger charge is 2.10. The van der Waals surface area contributed by atoms with E-state index in [9.17, 15) is 0 Å². The largest absolute Gasteiger partial charge is 0.305 e. The van der Waals surface area contributed by atoms with Crippen LogP contribution in [0.25, 0.3) is 0 Å². The van der Waals surface area contributed by atoms with Gasteiger partial charge in [0.2, 0.25) is 0 Å². The third kappa shape index (κ3) is 4.46. The molecular weight excluding hydrogens is 248 g/mol. The molecule has 0 aliphatic heterocycles. The van der Waals surface area contributed by atoms with Gasteiger partial charge < -0.3 is 5.32 Å². The minimum atomic E-state index is 0.0848. The molecule has 1 aromatic heterocycles. The zero-order valence-corrected chi connectivity index (χ0v) is 12.8. The molecule has 108 valence electrons. The molecule has 0 saturated carbocycles. The van der Waals surface area contributed by atoms with Gasteiger partial charge in [-0.2, -0.15) is 5.10 Å². The van der Waals surface area contributed by atoms with Gasteiger partial charge >= 0.3 is 0 Å². The molecule has 2 aromatic rings. The summed E-state index contributed by atoms with van der Waals surface area (Å²) in [6.45, 7) is 10.1. The van der Waals surface area contributed by atoms with Crippen molar-refractivity contribution < 1.29 is 0 Å². The molecule has 2 rings (SSSR count). The van der Waals surface area contributed by atoms with Crippen LogP contribution in [0.1, 0.15) is 44.6 Å². The quantitative estimate of drug-likeness (QED) is 0.910. The van der Waals surface area contributed by atoms with Crippen molar-refractivity contribution in [1.82, 2.24) is 20.1 Å². The predicted octanol–water partition coefficient (Wildman–Crippen LogP) is 2.78. The van der Waals surface area contributed by atoms with Gasteiger partial charge in [-0.1, -0.05) is 31.2 Å². The minimum absolute atomic E-state index is 0.0848. The topological polar surface area (TPSA) is 42.7 Å². The van der Waals surface area contributed by atoms with Crippen molar-refractivity contribution in [2.45, 2.75) is 52.7 Å². The smallest absolute Gasteiger partial charge is 0.164 e. The first-order valence-electron chi connectivity index (χ1n) is 7.17. The van der Waals surface area contributed by atoms with Crippen LogP contribution in [0, 0.1) is 0 Å². The number of aromatic nitrogens is 3. The Hall–Kier alpha value is -1.68. The van der Waals surface area contributed by atoms with E-state index in [0.717, 1.165) is 18.8 Å². The summed E-state index contributed by atoms with van der Waals surface area (Å²) in [4.78, 5) is 4.34. The lowest BCUT2D eigenvalue weighted by Gasteiger charge is -2.19. The molecule has 20 heavy (non-hydrogen) atoms. The Morgan fingerprint density at radius 3 is 2.35 bits per heavy atom. The van der Waals surface area contributed by atoms with E-state index in [1.807, 2.05) is 4.68 Å². The molecule has 0 atom stereocenters. The Morgan fingerprint density at radius 2 is 1.75 bits per heavy atom. The number of rotatable bonds is 5. The van der Waals surface area contributed by atoms with Crippen molar-refractivity contribution in [3.05, 3.63) is 47.5 Å². The van der Waals surface area contributed by atoms with Crippen LogP contribution in [-0.4, -0.2) is 20.3 Å². The average Bonchev–Trinajstić information content (AvgIpc) is 2.84. The van der Waals surface area contributed by atoms with E-state index >= 15 is 0 Å². The molecular formula is C16H24N4. The third-order valence-electron chi connectivity index (χ3n) is 3.14. The van der Waals surface area contributed by atoms with E-state index in [4.69, 9.17) is 0 Å². The molecule has 4 nitrogen and oxygen atoms in total. The van der Waals surface area contributed by atoms with Crippen molar-refractivity contribution in [2.75, 3.05) is 0 Å². The fourth-order valence-electron chi connectivity index (χ4n) is 1.90. The molecule has 0 amide bonds. The Balaban J connectivity index is 1.94. The van der Waals surface area contributed by atoms with Gasteiger partial charge in [0.15, 0.2) is 5.82 Å². The van der Waals surface area contributed by atoms with Gasteiger partial charge in [-0.3, -0.25) is 0 Å². The Morgan fingerprint density at radius 1 is 1.10 bits per heavy atom. The van der Waals surface area contributed by atoms with Crippen molar-refractivity contribution in [3.8, 4) is 0 Å². The number of nitrogens with one attached hydrogen (secondary N) is 1. The maximum Gasteiger partial charge on any atom is 0.164 e. The van der Waals surface area contributed by atoms with E-state index < -0.39 is 0 Å². The molecule has 0 spiro atoms.